The molecule has 124 valence electrons. The molecule has 0 saturated carbocycles. The molecule has 1 aliphatic heterocycles. The first-order valence-electron chi connectivity index (χ1n) is 8.44. The van der Waals surface area contributed by atoms with Crippen LogP contribution in [0.2, 0.25) is 0 Å². The van der Waals surface area contributed by atoms with Crippen LogP contribution in [0.25, 0.3) is 11.0 Å². The van der Waals surface area contributed by atoms with Gasteiger partial charge in [-0.1, -0.05) is 12.1 Å². The summed E-state index contributed by atoms with van der Waals surface area (Å²) in [5, 5.41) is 6.90. The van der Waals surface area contributed by atoms with E-state index in [-0.39, 0.29) is 5.91 Å². The number of benzene rings is 1. The fourth-order valence-electron chi connectivity index (χ4n) is 3.41. The zero-order valence-electron chi connectivity index (χ0n) is 13.7. The summed E-state index contributed by atoms with van der Waals surface area (Å²) in [6.07, 6.45) is 2.95. The number of aromatic nitrogens is 4. The number of para-hydroxylation sites is 2. The standard InChI is InChI=1S/C18H21N5O/c1-12-10-16(22-21-12)18(24)23-8-6-13(7-9-23)11-17-19-14-4-2-3-5-15(14)20-17/h2-5,10,13H,6-9,11H2,1H3,(H,19,20)(H,21,22). The van der Waals surface area contributed by atoms with E-state index in [4.69, 9.17) is 0 Å². The van der Waals surface area contributed by atoms with Crippen molar-refractivity contribution < 1.29 is 4.79 Å². The first-order chi connectivity index (χ1) is 11.7. The van der Waals surface area contributed by atoms with E-state index in [9.17, 15) is 4.79 Å². The number of hydrogen-bond donors (Lipinski definition) is 2. The van der Waals surface area contributed by atoms with Crippen LogP contribution in [0, 0.1) is 12.8 Å². The summed E-state index contributed by atoms with van der Waals surface area (Å²) >= 11 is 0. The molecular weight excluding hydrogens is 302 g/mol. The van der Waals surface area contributed by atoms with Crippen molar-refractivity contribution in [1.82, 2.24) is 25.1 Å². The second-order valence-corrected chi connectivity index (χ2v) is 6.58. The van der Waals surface area contributed by atoms with E-state index in [0.29, 0.717) is 11.6 Å². The second kappa shape index (κ2) is 6.11. The SMILES string of the molecule is Cc1cc(C(=O)N2CCC(Cc3nc4ccccc4[nH]3)CC2)n[nH]1. The molecule has 2 N–H and O–H groups in total. The Balaban J connectivity index is 1.36. The summed E-state index contributed by atoms with van der Waals surface area (Å²) in [5.74, 6) is 1.64. The normalized spacial score (nSPS) is 16.0. The zero-order chi connectivity index (χ0) is 16.5. The minimum Gasteiger partial charge on any atom is -0.342 e. The number of nitrogens with zero attached hydrogens (tertiary/aromatic N) is 3. The van der Waals surface area contributed by atoms with Crippen LogP contribution in [0.15, 0.2) is 30.3 Å². The van der Waals surface area contributed by atoms with Crippen molar-refractivity contribution in [3.05, 3.63) is 47.5 Å². The molecule has 1 aromatic carbocycles. The third-order valence-corrected chi connectivity index (χ3v) is 4.75. The van der Waals surface area contributed by atoms with Gasteiger partial charge in [0.1, 0.15) is 11.5 Å². The quantitative estimate of drug-likeness (QED) is 0.778. The number of amides is 1. The van der Waals surface area contributed by atoms with Gasteiger partial charge < -0.3 is 9.88 Å². The highest BCUT2D eigenvalue weighted by Gasteiger charge is 2.25. The van der Waals surface area contributed by atoms with Gasteiger partial charge >= 0.3 is 0 Å². The highest BCUT2D eigenvalue weighted by atomic mass is 16.2. The molecule has 3 aromatic rings. The largest absolute Gasteiger partial charge is 0.342 e. The van der Waals surface area contributed by atoms with Gasteiger partial charge in [0.05, 0.1) is 11.0 Å². The first-order valence-corrected chi connectivity index (χ1v) is 8.44. The minimum absolute atomic E-state index is 0.0292. The molecule has 1 fully saturated rings. The number of fused-ring (bicyclic) bond motifs is 1. The number of carbonyl (C=O) groups excluding carboxylic acids is 1. The van der Waals surface area contributed by atoms with E-state index in [1.807, 2.05) is 36.1 Å². The molecule has 0 bridgehead atoms. The van der Waals surface area contributed by atoms with Gasteiger partial charge in [0.15, 0.2) is 0 Å². The summed E-state index contributed by atoms with van der Waals surface area (Å²) in [5.41, 5.74) is 3.55. The number of piperidine rings is 1. The van der Waals surface area contributed by atoms with Crippen molar-refractivity contribution in [1.29, 1.82) is 0 Å². The Hall–Kier alpha value is -2.63. The van der Waals surface area contributed by atoms with E-state index < -0.39 is 0 Å². The maximum atomic E-state index is 12.4. The van der Waals surface area contributed by atoms with Gasteiger partial charge in [-0.05, 0) is 43.9 Å². The van der Waals surface area contributed by atoms with Gasteiger partial charge in [-0.2, -0.15) is 5.10 Å². The number of rotatable bonds is 3. The molecular formula is C18H21N5O. The van der Waals surface area contributed by atoms with Crippen molar-refractivity contribution in [3.63, 3.8) is 0 Å². The van der Waals surface area contributed by atoms with Gasteiger partial charge in [-0.15, -0.1) is 0 Å². The Morgan fingerprint density at radius 1 is 1.29 bits per heavy atom. The molecule has 0 spiro atoms. The Kier molecular flexibility index (Phi) is 3.80. The van der Waals surface area contributed by atoms with Crippen LogP contribution < -0.4 is 0 Å². The number of carbonyl (C=O) groups is 1. The van der Waals surface area contributed by atoms with Crippen LogP contribution in [0.3, 0.4) is 0 Å². The van der Waals surface area contributed by atoms with Crippen molar-refractivity contribution in [3.8, 4) is 0 Å². The van der Waals surface area contributed by atoms with Crippen molar-refractivity contribution in [2.75, 3.05) is 13.1 Å². The van der Waals surface area contributed by atoms with Gasteiger partial charge in [-0.3, -0.25) is 9.89 Å². The second-order valence-electron chi connectivity index (χ2n) is 6.58. The summed E-state index contributed by atoms with van der Waals surface area (Å²) in [6, 6.07) is 9.92. The molecule has 1 aliphatic rings. The smallest absolute Gasteiger partial charge is 0.274 e. The lowest BCUT2D eigenvalue weighted by Gasteiger charge is -2.31. The van der Waals surface area contributed by atoms with Crippen LogP contribution in [-0.2, 0) is 6.42 Å². The van der Waals surface area contributed by atoms with Gasteiger partial charge in [0.2, 0.25) is 0 Å². The van der Waals surface area contributed by atoms with E-state index in [1.54, 1.807) is 0 Å². The summed E-state index contributed by atoms with van der Waals surface area (Å²) in [7, 11) is 0. The Morgan fingerprint density at radius 3 is 2.79 bits per heavy atom. The fraction of sp³-hybridized carbons (Fsp3) is 0.389. The average Bonchev–Trinajstić information content (AvgIpc) is 3.20. The monoisotopic (exact) mass is 323 g/mol. The molecule has 1 amide bonds. The molecule has 6 nitrogen and oxygen atoms in total. The molecule has 0 radical (unpaired) electrons. The predicted octanol–water partition coefficient (Wildman–Crippen LogP) is 2.69. The lowest BCUT2D eigenvalue weighted by Crippen LogP contribution is -2.39. The van der Waals surface area contributed by atoms with Crippen molar-refractivity contribution in [2.24, 2.45) is 5.92 Å². The Labute approximate surface area is 140 Å². The number of hydrogen-bond acceptors (Lipinski definition) is 3. The number of nitrogens with one attached hydrogen (secondary N) is 2. The van der Waals surface area contributed by atoms with E-state index in [1.165, 1.54) is 0 Å². The lowest BCUT2D eigenvalue weighted by atomic mass is 9.93. The highest BCUT2D eigenvalue weighted by molar-refractivity contribution is 5.92. The van der Waals surface area contributed by atoms with E-state index in [2.05, 4.69) is 26.2 Å². The fourth-order valence-corrected chi connectivity index (χ4v) is 3.41. The van der Waals surface area contributed by atoms with Crippen LogP contribution >= 0.6 is 0 Å². The zero-order valence-corrected chi connectivity index (χ0v) is 13.7. The average molecular weight is 323 g/mol. The van der Waals surface area contributed by atoms with Crippen LogP contribution in [0.4, 0.5) is 0 Å². The number of imidazole rings is 1. The maximum absolute atomic E-state index is 12.4. The predicted molar refractivity (Wildman–Crippen MR) is 91.7 cm³/mol. The molecule has 0 atom stereocenters. The molecule has 0 aliphatic carbocycles. The van der Waals surface area contributed by atoms with Crippen LogP contribution in [0.1, 0.15) is 34.8 Å². The summed E-state index contributed by atoms with van der Waals surface area (Å²) in [4.78, 5) is 22.4. The highest BCUT2D eigenvalue weighted by Crippen LogP contribution is 2.23. The first kappa shape index (κ1) is 14.9. The lowest BCUT2D eigenvalue weighted by molar-refractivity contribution is 0.0684. The van der Waals surface area contributed by atoms with Gasteiger partial charge in [0.25, 0.3) is 5.91 Å². The number of H-pyrrole nitrogens is 2. The van der Waals surface area contributed by atoms with Crippen LogP contribution in [0.5, 0.6) is 0 Å². The van der Waals surface area contributed by atoms with Crippen LogP contribution in [-0.4, -0.2) is 44.1 Å². The van der Waals surface area contributed by atoms with Crippen molar-refractivity contribution >= 4 is 16.9 Å². The molecule has 0 unspecified atom stereocenters. The molecule has 4 rings (SSSR count). The van der Waals surface area contributed by atoms with E-state index >= 15 is 0 Å². The number of aromatic amines is 2. The molecule has 24 heavy (non-hydrogen) atoms. The third kappa shape index (κ3) is 2.91. The van der Waals surface area contributed by atoms with Gasteiger partial charge in [0, 0.05) is 25.2 Å². The summed E-state index contributed by atoms with van der Waals surface area (Å²) < 4.78 is 0. The third-order valence-electron chi connectivity index (χ3n) is 4.75. The minimum atomic E-state index is 0.0292. The molecule has 6 heteroatoms. The maximum Gasteiger partial charge on any atom is 0.274 e. The number of aryl methyl sites for hydroxylation is 1. The van der Waals surface area contributed by atoms with E-state index in [0.717, 1.165) is 54.9 Å². The van der Waals surface area contributed by atoms with Crippen molar-refractivity contribution in [2.45, 2.75) is 26.2 Å². The number of likely N-dealkylation sites (tertiary alicyclic amines) is 1. The molecule has 3 heterocycles. The topological polar surface area (TPSA) is 77.7 Å². The molecule has 1 saturated heterocycles. The van der Waals surface area contributed by atoms with Gasteiger partial charge in [-0.25, -0.2) is 4.98 Å². The molecule has 2 aromatic heterocycles. The summed E-state index contributed by atoms with van der Waals surface area (Å²) in [6.45, 7) is 3.48. The Bertz CT molecular complexity index is 824. The Morgan fingerprint density at radius 2 is 2.08 bits per heavy atom.